The van der Waals surface area contributed by atoms with Crippen LogP contribution in [-0.4, -0.2) is 35.8 Å². The van der Waals surface area contributed by atoms with Crippen LogP contribution in [0.15, 0.2) is 23.1 Å². The SMILES string of the molecule is CN(C)C(=O)Sc1ccc(N)cc1C(=O)OC(C)(C)C. The second-order valence-corrected chi connectivity index (χ2v) is 6.51. The predicted octanol–water partition coefficient (Wildman–Crippen LogP) is 3.00. The first-order valence-electron chi connectivity index (χ1n) is 6.12. The summed E-state index contributed by atoms with van der Waals surface area (Å²) in [6.45, 7) is 5.36. The highest BCUT2D eigenvalue weighted by atomic mass is 32.2. The Kier molecular flexibility index (Phi) is 5.05. The van der Waals surface area contributed by atoms with E-state index >= 15 is 0 Å². The van der Waals surface area contributed by atoms with E-state index < -0.39 is 11.6 Å². The van der Waals surface area contributed by atoms with E-state index in [0.29, 0.717) is 16.1 Å². The van der Waals surface area contributed by atoms with Gasteiger partial charge in [-0.3, -0.25) is 4.79 Å². The van der Waals surface area contributed by atoms with E-state index in [1.807, 2.05) is 0 Å². The van der Waals surface area contributed by atoms with Crippen molar-refractivity contribution in [2.45, 2.75) is 31.3 Å². The van der Waals surface area contributed by atoms with Gasteiger partial charge in [0.15, 0.2) is 0 Å². The third-order valence-corrected chi connectivity index (χ3v) is 3.30. The molecule has 1 aromatic carbocycles. The quantitative estimate of drug-likeness (QED) is 0.516. The summed E-state index contributed by atoms with van der Waals surface area (Å²) >= 11 is 0.972. The van der Waals surface area contributed by atoms with Gasteiger partial charge in [-0.2, -0.15) is 0 Å². The second-order valence-electron chi connectivity index (χ2n) is 5.52. The molecule has 0 saturated carbocycles. The highest BCUT2D eigenvalue weighted by molar-refractivity contribution is 8.13. The third-order valence-electron chi connectivity index (χ3n) is 2.18. The molecule has 1 amide bonds. The van der Waals surface area contributed by atoms with Crippen molar-refractivity contribution in [3.05, 3.63) is 23.8 Å². The van der Waals surface area contributed by atoms with E-state index in [1.165, 1.54) is 11.0 Å². The predicted molar refractivity (Wildman–Crippen MR) is 81.0 cm³/mol. The van der Waals surface area contributed by atoms with Gasteiger partial charge in [-0.05, 0) is 50.7 Å². The summed E-state index contributed by atoms with van der Waals surface area (Å²) in [5.41, 5.74) is 5.86. The van der Waals surface area contributed by atoms with Crippen molar-refractivity contribution < 1.29 is 14.3 Å². The lowest BCUT2D eigenvalue weighted by molar-refractivity contribution is 0.00657. The lowest BCUT2D eigenvalue weighted by Gasteiger charge is -2.20. The van der Waals surface area contributed by atoms with Gasteiger partial charge < -0.3 is 15.4 Å². The molecule has 110 valence electrons. The van der Waals surface area contributed by atoms with Crippen LogP contribution in [0.5, 0.6) is 0 Å². The topological polar surface area (TPSA) is 72.6 Å². The van der Waals surface area contributed by atoms with E-state index in [2.05, 4.69) is 0 Å². The number of nitrogen functional groups attached to an aromatic ring is 1. The summed E-state index contributed by atoms with van der Waals surface area (Å²) < 4.78 is 5.33. The van der Waals surface area contributed by atoms with Gasteiger partial charge in [-0.15, -0.1) is 0 Å². The van der Waals surface area contributed by atoms with Gasteiger partial charge in [-0.1, -0.05) is 0 Å². The molecule has 5 nitrogen and oxygen atoms in total. The molecule has 0 atom stereocenters. The largest absolute Gasteiger partial charge is 0.456 e. The molecular formula is C14H20N2O3S. The van der Waals surface area contributed by atoms with Gasteiger partial charge in [0.1, 0.15) is 5.60 Å². The molecule has 0 radical (unpaired) electrons. The van der Waals surface area contributed by atoms with E-state index in [0.717, 1.165) is 11.8 Å². The molecule has 0 bridgehead atoms. The average molecular weight is 296 g/mol. The molecule has 0 fully saturated rings. The fourth-order valence-corrected chi connectivity index (χ4v) is 2.07. The molecule has 0 aliphatic heterocycles. The summed E-state index contributed by atoms with van der Waals surface area (Å²) in [4.78, 5) is 25.9. The summed E-state index contributed by atoms with van der Waals surface area (Å²) in [5.74, 6) is -0.487. The number of benzene rings is 1. The van der Waals surface area contributed by atoms with Crippen molar-refractivity contribution in [2.75, 3.05) is 19.8 Å². The molecule has 0 aliphatic carbocycles. The van der Waals surface area contributed by atoms with Gasteiger partial charge in [0.25, 0.3) is 5.24 Å². The summed E-state index contributed by atoms with van der Waals surface area (Å²) in [6.07, 6.45) is 0. The number of rotatable bonds is 2. The zero-order valence-electron chi connectivity index (χ0n) is 12.4. The van der Waals surface area contributed by atoms with Gasteiger partial charge in [0.2, 0.25) is 0 Å². The zero-order chi connectivity index (χ0) is 15.5. The lowest BCUT2D eigenvalue weighted by Crippen LogP contribution is -2.24. The maximum absolute atomic E-state index is 12.2. The summed E-state index contributed by atoms with van der Waals surface area (Å²) in [6, 6.07) is 4.83. The van der Waals surface area contributed by atoms with Crippen molar-refractivity contribution in [3.8, 4) is 0 Å². The maximum atomic E-state index is 12.2. The van der Waals surface area contributed by atoms with Gasteiger partial charge in [-0.25, -0.2) is 4.79 Å². The minimum absolute atomic E-state index is 0.167. The summed E-state index contributed by atoms with van der Waals surface area (Å²) in [7, 11) is 3.31. The fraction of sp³-hybridized carbons (Fsp3) is 0.429. The van der Waals surface area contributed by atoms with Crippen molar-refractivity contribution in [3.63, 3.8) is 0 Å². The fourth-order valence-electron chi connectivity index (χ4n) is 1.31. The molecule has 0 aromatic heterocycles. The van der Waals surface area contributed by atoms with Gasteiger partial charge in [0, 0.05) is 24.7 Å². The van der Waals surface area contributed by atoms with Crippen LogP contribution in [0.4, 0.5) is 10.5 Å². The number of carbonyl (C=O) groups excluding carboxylic acids is 2. The number of carbonyl (C=O) groups is 2. The summed E-state index contributed by atoms with van der Waals surface area (Å²) in [5, 5.41) is -0.167. The number of hydrogen-bond acceptors (Lipinski definition) is 5. The Morgan fingerprint density at radius 3 is 2.35 bits per heavy atom. The van der Waals surface area contributed by atoms with Crippen LogP contribution in [0.1, 0.15) is 31.1 Å². The standard InChI is InChI=1S/C14H20N2O3S/c1-14(2,3)19-12(17)10-8-9(15)6-7-11(10)20-13(18)16(4)5/h6-8H,15H2,1-5H3. The van der Waals surface area contributed by atoms with E-state index in [-0.39, 0.29) is 5.24 Å². The Morgan fingerprint density at radius 1 is 1.25 bits per heavy atom. The van der Waals surface area contributed by atoms with Crippen molar-refractivity contribution in [1.29, 1.82) is 0 Å². The first kappa shape index (κ1) is 16.4. The number of esters is 1. The first-order valence-corrected chi connectivity index (χ1v) is 6.94. The number of amides is 1. The molecule has 0 spiro atoms. The molecule has 1 rings (SSSR count). The molecular weight excluding hydrogens is 276 g/mol. The highest BCUT2D eigenvalue weighted by Gasteiger charge is 2.22. The normalized spacial score (nSPS) is 11.1. The molecule has 6 heteroatoms. The lowest BCUT2D eigenvalue weighted by atomic mass is 10.1. The average Bonchev–Trinajstić information content (AvgIpc) is 2.28. The Bertz CT molecular complexity index is 522. The minimum atomic E-state index is -0.602. The Balaban J connectivity index is 3.08. The van der Waals surface area contributed by atoms with Crippen LogP contribution in [0.3, 0.4) is 0 Å². The highest BCUT2D eigenvalue weighted by Crippen LogP contribution is 2.28. The van der Waals surface area contributed by atoms with Crippen LogP contribution in [-0.2, 0) is 4.74 Å². The maximum Gasteiger partial charge on any atom is 0.339 e. The first-order chi connectivity index (χ1) is 9.10. The van der Waals surface area contributed by atoms with E-state index in [1.54, 1.807) is 47.0 Å². The Hall–Kier alpha value is -1.69. The van der Waals surface area contributed by atoms with Crippen molar-refractivity contribution in [2.24, 2.45) is 0 Å². The molecule has 0 heterocycles. The smallest absolute Gasteiger partial charge is 0.339 e. The van der Waals surface area contributed by atoms with Gasteiger partial charge >= 0.3 is 5.97 Å². The Morgan fingerprint density at radius 2 is 1.85 bits per heavy atom. The van der Waals surface area contributed by atoms with E-state index in [4.69, 9.17) is 10.5 Å². The number of nitrogens with zero attached hydrogens (tertiary/aromatic N) is 1. The molecule has 2 N–H and O–H groups in total. The Labute approximate surface area is 123 Å². The van der Waals surface area contributed by atoms with Crippen LogP contribution in [0.25, 0.3) is 0 Å². The van der Waals surface area contributed by atoms with Gasteiger partial charge in [0.05, 0.1) is 5.56 Å². The molecule has 0 saturated heterocycles. The van der Waals surface area contributed by atoms with Crippen molar-refractivity contribution >= 4 is 28.7 Å². The number of nitrogens with two attached hydrogens (primary N) is 1. The number of thioether (sulfide) groups is 1. The number of hydrogen-bond donors (Lipinski definition) is 1. The van der Waals surface area contributed by atoms with Crippen molar-refractivity contribution in [1.82, 2.24) is 4.90 Å². The van der Waals surface area contributed by atoms with Crippen LogP contribution < -0.4 is 5.73 Å². The third kappa shape index (κ3) is 4.77. The van der Waals surface area contributed by atoms with Crippen LogP contribution >= 0.6 is 11.8 Å². The minimum Gasteiger partial charge on any atom is -0.456 e. The molecule has 0 unspecified atom stereocenters. The molecule has 0 aliphatic rings. The zero-order valence-corrected chi connectivity index (χ0v) is 13.2. The number of anilines is 1. The second kappa shape index (κ2) is 6.17. The molecule has 1 aromatic rings. The number of ether oxygens (including phenoxy) is 1. The van der Waals surface area contributed by atoms with Crippen LogP contribution in [0.2, 0.25) is 0 Å². The monoisotopic (exact) mass is 296 g/mol. The van der Waals surface area contributed by atoms with Crippen LogP contribution in [0, 0.1) is 0 Å². The van der Waals surface area contributed by atoms with E-state index in [9.17, 15) is 9.59 Å². The molecule has 20 heavy (non-hydrogen) atoms.